The number of rotatable bonds is 7. The average Bonchev–Trinajstić information content (AvgIpc) is 2.48. The Morgan fingerprint density at radius 1 is 1.29 bits per heavy atom. The van der Waals surface area contributed by atoms with Crippen molar-refractivity contribution in [2.24, 2.45) is 0 Å². The fraction of sp³-hybridized carbons (Fsp3) is 0.333. The van der Waals surface area contributed by atoms with Gasteiger partial charge in [0.15, 0.2) is 0 Å². The molecule has 0 aliphatic rings. The molecule has 1 heterocycles. The van der Waals surface area contributed by atoms with Crippen LogP contribution in [0.25, 0.3) is 0 Å². The van der Waals surface area contributed by atoms with E-state index in [9.17, 15) is 5.11 Å². The van der Waals surface area contributed by atoms with Crippen LogP contribution in [0.4, 0.5) is 0 Å². The Morgan fingerprint density at radius 2 is 2.10 bits per heavy atom. The SMILES string of the molecule is Cc1cnc(CNCC(O)COc2ccccc2Cl)cn1. The van der Waals surface area contributed by atoms with Crippen LogP contribution in [0.5, 0.6) is 5.75 Å². The summed E-state index contributed by atoms with van der Waals surface area (Å²) < 4.78 is 5.47. The second kappa shape index (κ2) is 7.93. The number of aryl methyl sites for hydroxylation is 1. The molecule has 2 aromatic rings. The van der Waals surface area contributed by atoms with Crippen molar-refractivity contribution in [1.29, 1.82) is 0 Å². The second-order valence-corrected chi connectivity index (χ2v) is 5.08. The van der Waals surface area contributed by atoms with Crippen LogP contribution in [0.15, 0.2) is 36.7 Å². The van der Waals surface area contributed by atoms with E-state index >= 15 is 0 Å². The van der Waals surface area contributed by atoms with Crippen LogP contribution in [0, 0.1) is 6.92 Å². The molecule has 1 atom stereocenters. The Morgan fingerprint density at radius 3 is 2.81 bits per heavy atom. The Hall–Kier alpha value is -1.69. The van der Waals surface area contributed by atoms with Crippen molar-refractivity contribution in [3.8, 4) is 5.75 Å². The molecule has 2 N–H and O–H groups in total. The van der Waals surface area contributed by atoms with Crippen LogP contribution in [0.2, 0.25) is 5.02 Å². The lowest BCUT2D eigenvalue weighted by Crippen LogP contribution is -2.31. The summed E-state index contributed by atoms with van der Waals surface area (Å²) in [7, 11) is 0. The molecule has 2 rings (SSSR count). The number of ether oxygens (including phenoxy) is 1. The molecular weight excluding hydrogens is 290 g/mol. The number of halogens is 1. The smallest absolute Gasteiger partial charge is 0.138 e. The molecule has 0 aliphatic heterocycles. The number of hydrogen-bond donors (Lipinski definition) is 2. The highest BCUT2D eigenvalue weighted by Gasteiger charge is 2.07. The Labute approximate surface area is 129 Å². The number of para-hydroxylation sites is 1. The number of benzene rings is 1. The molecule has 0 amide bonds. The Kier molecular flexibility index (Phi) is 5.92. The van der Waals surface area contributed by atoms with E-state index in [2.05, 4.69) is 15.3 Å². The lowest BCUT2D eigenvalue weighted by molar-refractivity contribution is 0.106. The number of nitrogens with one attached hydrogen (secondary N) is 1. The summed E-state index contributed by atoms with van der Waals surface area (Å²) in [6.45, 7) is 3.02. The van der Waals surface area contributed by atoms with Gasteiger partial charge in [0, 0.05) is 25.5 Å². The minimum absolute atomic E-state index is 0.177. The van der Waals surface area contributed by atoms with E-state index in [4.69, 9.17) is 16.3 Å². The van der Waals surface area contributed by atoms with Crippen molar-refractivity contribution in [2.45, 2.75) is 19.6 Å². The summed E-state index contributed by atoms with van der Waals surface area (Å²) in [5.74, 6) is 0.572. The van der Waals surface area contributed by atoms with E-state index in [0.29, 0.717) is 23.9 Å². The van der Waals surface area contributed by atoms with Gasteiger partial charge in [0.1, 0.15) is 18.5 Å². The molecule has 1 aromatic carbocycles. The van der Waals surface area contributed by atoms with Gasteiger partial charge in [-0.2, -0.15) is 0 Å². The number of aliphatic hydroxyl groups is 1. The lowest BCUT2D eigenvalue weighted by atomic mass is 10.3. The van der Waals surface area contributed by atoms with Crippen molar-refractivity contribution >= 4 is 11.6 Å². The topological polar surface area (TPSA) is 67.3 Å². The minimum Gasteiger partial charge on any atom is -0.489 e. The van der Waals surface area contributed by atoms with Crippen LogP contribution in [0.3, 0.4) is 0 Å². The molecule has 112 valence electrons. The van der Waals surface area contributed by atoms with Gasteiger partial charge in [0.2, 0.25) is 0 Å². The van der Waals surface area contributed by atoms with Crippen LogP contribution in [-0.2, 0) is 6.54 Å². The molecule has 0 saturated carbocycles. The number of nitrogens with zero attached hydrogens (tertiary/aromatic N) is 2. The first-order valence-electron chi connectivity index (χ1n) is 6.69. The zero-order chi connectivity index (χ0) is 15.1. The highest BCUT2D eigenvalue weighted by molar-refractivity contribution is 6.32. The van der Waals surface area contributed by atoms with Crippen LogP contribution >= 0.6 is 11.6 Å². The maximum absolute atomic E-state index is 9.86. The van der Waals surface area contributed by atoms with Crippen LogP contribution in [-0.4, -0.2) is 34.3 Å². The zero-order valence-corrected chi connectivity index (χ0v) is 12.5. The quantitative estimate of drug-likeness (QED) is 0.818. The largest absolute Gasteiger partial charge is 0.489 e. The fourth-order valence-electron chi connectivity index (χ4n) is 1.68. The molecule has 0 saturated heterocycles. The number of aromatic nitrogens is 2. The highest BCUT2D eigenvalue weighted by Crippen LogP contribution is 2.22. The third-order valence-corrected chi connectivity index (χ3v) is 3.10. The van der Waals surface area contributed by atoms with E-state index < -0.39 is 6.10 Å². The minimum atomic E-state index is -0.625. The molecule has 1 aromatic heterocycles. The molecular formula is C15H18ClN3O2. The zero-order valence-electron chi connectivity index (χ0n) is 11.8. The molecule has 0 radical (unpaired) electrons. The van der Waals surface area contributed by atoms with Gasteiger partial charge in [-0.3, -0.25) is 9.97 Å². The summed E-state index contributed by atoms with van der Waals surface area (Å²) in [4.78, 5) is 8.38. The maximum atomic E-state index is 9.86. The molecule has 6 heteroatoms. The van der Waals surface area contributed by atoms with Crippen molar-refractivity contribution in [2.75, 3.05) is 13.2 Å². The predicted octanol–water partition coefficient (Wildman–Crippen LogP) is 1.97. The Bertz CT molecular complexity index is 563. The monoisotopic (exact) mass is 307 g/mol. The normalized spacial score (nSPS) is 12.1. The summed E-state index contributed by atoms with van der Waals surface area (Å²) >= 11 is 5.97. The molecule has 5 nitrogen and oxygen atoms in total. The number of hydrogen-bond acceptors (Lipinski definition) is 5. The fourth-order valence-corrected chi connectivity index (χ4v) is 1.87. The summed E-state index contributed by atoms with van der Waals surface area (Å²) in [6.07, 6.45) is 2.81. The van der Waals surface area contributed by atoms with Gasteiger partial charge in [0.05, 0.1) is 16.4 Å². The van der Waals surface area contributed by atoms with E-state index in [1.165, 1.54) is 0 Å². The maximum Gasteiger partial charge on any atom is 0.138 e. The first-order valence-corrected chi connectivity index (χ1v) is 7.06. The number of aliphatic hydroxyl groups excluding tert-OH is 1. The third-order valence-electron chi connectivity index (χ3n) is 2.79. The van der Waals surface area contributed by atoms with Crippen molar-refractivity contribution in [3.05, 3.63) is 53.1 Å². The van der Waals surface area contributed by atoms with Gasteiger partial charge >= 0.3 is 0 Å². The van der Waals surface area contributed by atoms with Crippen molar-refractivity contribution in [1.82, 2.24) is 15.3 Å². The van der Waals surface area contributed by atoms with Gasteiger partial charge in [0.25, 0.3) is 0 Å². The van der Waals surface area contributed by atoms with Gasteiger partial charge in [-0.15, -0.1) is 0 Å². The first kappa shape index (κ1) is 15.7. The molecule has 0 fully saturated rings. The van der Waals surface area contributed by atoms with Gasteiger partial charge in [-0.25, -0.2) is 0 Å². The van der Waals surface area contributed by atoms with E-state index in [-0.39, 0.29) is 6.61 Å². The van der Waals surface area contributed by atoms with E-state index in [1.54, 1.807) is 24.5 Å². The molecule has 21 heavy (non-hydrogen) atoms. The molecule has 0 aliphatic carbocycles. The summed E-state index contributed by atoms with van der Waals surface area (Å²) in [5.41, 5.74) is 1.71. The molecule has 0 bridgehead atoms. The predicted molar refractivity (Wildman–Crippen MR) is 81.4 cm³/mol. The van der Waals surface area contributed by atoms with Gasteiger partial charge < -0.3 is 15.2 Å². The second-order valence-electron chi connectivity index (χ2n) is 4.68. The average molecular weight is 308 g/mol. The molecule has 1 unspecified atom stereocenters. The molecule has 0 spiro atoms. The summed E-state index contributed by atoms with van der Waals surface area (Å²) in [6, 6.07) is 7.18. The van der Waals surface area contributed by atoms with Crippen LogP contribution < -0.4 is 10.1 Å². The van der Waals surface area contributed by atoms with Crippen molar-refractivity contribution in [3.63, 3.8) is 0 Å². The van der Waals surface area contributed by atoms with Crippen LogP contribution in [0.1, 0.15) is 11.4 Å². The van der Waals surface area contributed by atoms with Gasteiger partial charge in [-0.05, 0) is 19.1 Å². The standard InChI is InChI=1S/C15H18ClN3O2/c1-11-6-19-12(8-18-11)7-17-9-13(20)10-21-15-5-3-2-4-14(15)16/h2-6,8,13,17,20H,7,9-10H2,1H3. The van der Waals surface area contributed by atoms with E-state index in [1.807, 2.05) is 19.1 Å². The Balaban J connectivity index is 1.69. The van der Waals surface area contributed by atoms with E-state index in [0.717, 1.165) is 11.4 Å². The van der Waals surface area contributed by atoms with Crippen molar-refractivity contribution < 1.29 is 9.84 Å². The first-order chi connectivity index (χ1) is 10.1. The third kappa shape index (κ3) is 5.30. The highest BCUT2D eigenvalue weighted by atomic mass is 35.5. The summed E-state index contributed by atoms with van der Waals surface area (Å²) in [5, 5.41) is 13.5. The lowest BCUT2D eigenvalue weighted by Gasteiger charge is -2.13. The van der Waals surface area contributed by atoms with Gasteiger partial charge in [-0.1, -0.05) is 23.7 Å².